The number of anilines is 1. The van der Waals surface area contributed by atoms with Crippen LogP contribution in [0.15, 0.2) is 6.07 Å². The molecule has 0 unspecified atom stereocenters. The van der Waals surface area contributed by atoms with Gasteiger partial charge in [-0.05, 0) is 38.3 Å². The van der Waals surface area contributed by atoms with Crippen LogP contribution < -0.4 is 10.2 Å². The molecular formula is C17H23N5O. The number of nitrogens with zero attached hydrogens (tertiary/aromatic N) is 4. The van der Waals surface area contributed by atoms with Gasteiger partial charge >= 0.3 is 0 Å². The first-order valence-corrected chi connectivity index (χ1v) is 8.22. The molecule has 6 nitrogen and oxygen atoms in total. The lowest BCUT2D eigenvalue weighted by atomic mass is 10.1. The second-order valence-electron chi connectivity index (χ2n) is 6.50. The van der Waals surface area contributed by atoms with Gasteiger partial charge in [0.25, 0.3) is 0 Å². The third kappa shape index (κ3) is 3.80. The highest BCUT2D eigenvalue weighted by atomic mass is 16.2. The Hall–Kier alpha value is -2.13. The lowest BCUT2D eigenvalue weighted by molar-refractivity contribution is -0.122. The summed E-state index contributed by atoms with van der Waals surface area (Å²) in [7, 11) is 0. The van der Waals surface area contributed by atoms with Crippen LogP contribution in [0.3, 0.4) is 0 Å². The molecule has 1 aromatic rings. The van der Waals surface area contributed by atoms with Gasteiger partial charge in [0.15, 0.2) is 0 Å². The molecule has 1 aliphatic heterocycles. The van der Waals surface area contributed by atoms with Crippen LogP contribution in [0.25, 0.3) is 0 Å². The molecule has 0 radical (unpaired) electrons. The molecule has 6 heteroatoms. The Morgan fingerprint density at radius 2 is 2.04 bits per heavy atom. The van der Waals surface area contributed by atoms with Crippen molar-refractivity contribution in [2.45, 2.75) is 32.7 Å². The van der Waals surface area contributed by atoms with Crippen molar-refractivity contribution in [1.82, 2.24) is 15.2 Å². The SMILES string of the molecule is Cc1cc(C)c(C#N)c(N2CCN(CC(=O)NC3CC3)CC2)n1. The van der Waals surface area contributed by atoms with E-state index in [4.69, 9.17) is 0 Å². The predicted octanol–water partition coefficient (Wildman–Crippen LogP) is 0.971. The van der Waals surface area contributed by atoms with E-state index in [2.05, 4.69) is 26.2 Å². The molecule has 1 amide bonds. The monoisotopic (exact) mass is 313 g/mol. The lowest BCUT2D eigenvalue weighted by Gasteiger charge is -2.35. The largest absolute Gasteiger partial charge is 0.353 e. The summed E-state index contributed by atoms with van der Waals surface area (Å²) in [6.45, 7) is 7.60. The van der Waals surface area contributed by atoms with Crippen molar-refractivity contribution in [2.24, 2.45) is 0 Å². The Kier molecular flexibility index (Phi) is 4.49. The summed E-state index contributed by atoms with van der Waals surface area (Å²) >= 11 is 0. The van der Waals surface area contributed by atoms with E-state index < -0.39 is 0 Å². The van der Waals surface area contributed by atoms with Gasteiger partial charge in [-0.15, -0.1) is 0 Å². The topological polar surface area (TPSA) is 72.3 Å². The molecule has 122 valence electrons. The summed E-state index contributed by atoms with van der Waals surface area (Å²) in [4.78, 5) is 20.8. The normalized spacial score (nSPS) is 18.6. The van der Waals surface area contributed by atoms with E-state index >= 15 is 0 Å². The average molecular weight is 313 g/mol. The Morgan fingerprint density at radius 1 is 1.35 bits per heavy atom. The van der Waals surface area contributed by atoms with Crippen LogP contribution in [-0.2, 0) is 4.79 Å². The van der Waals surface area contributed by atoms with E-state index in [9.17, 15) is 10.1 Å². The Bertz CT molecular complexity index is 639. The zero-order chi connectivity index (χ0) is 16.4. The molecule has 1 saturated carbocycles. The summed E-state index contributed by atoms with van der Waals surface area (Å²) in [6.07, 6.45) is 2.24. The fourth-order valence-electron chi connectivity index (χ4n) is 3.01. The molecule has 0 atom stereocenters. The molecule has 23 heavy (non-hydrogen) atoms. The van der Waals surface area contributed by atoms with Gasteiger partial charge in [-0.3, -0.25) is 9.69 Å². The van der Waals surface area contributed by atoms with E-state index in [1.165, 1.54) is 0 Å². The molecule has 0 spiro atoms. The third-order valence-corrected chi connectivity index (χ3v) is 4.42. The van der Waals surface area contributed by atoms with Crippen molar-refractivity contribution in [3.63, 3.8) is 0 Å². The summed E-state index contributed by atoms with van der Waals surface area (Å²) in [6, 6.07) is 4.64. The highest BCUT2D eigenvalue weighted by molar-refractivity contribution is 5.78. The molecule has 1 aliphatic carbocycles. The van der Waals surface area contributed by atoms with Gasteiger partial charge in [0, 0.05) is 37.9 Å². The quantitative estimate of drug-likeness (QED) is 0.897. The number of hydrogen-bond donors (Lipinski definition) is 1. The zero-order valence-electron chi connectivity index (χ0n) is 13.8. The first kappa shape index (κ1) is 15.8. The van der Waals surface area contributed by atoms with Gasteiger partial charge in [-0.2, -0.15) is 5.26 Å². The number of nitriles is 1. The molecule has 1 aromatic heterocycles. The second kappa shape index (κ2) is 6.55. The van der Waals surface area contributed by atoms with E-state index in [0.29, 0.717) is 18.2 Å². The van der Waals surface area contributed by atoms with Crippen LogP contribution in [0.5, 0.6) is 0 Å². The van der Waals surface area contributed by atoms with Gasteiger partial charge in [0.1, 0.15) is 11.9 Å². The molecule has 1 N–H and O–H groups in total. The molecule has 0 bridgehead atoms. The van der Waals surface area contributed by atoms with Crippen molar-refractivity contribution >= 4 is 11.7 Å². The second-order valence-corrected chi connectivity index (χ2v) is 6.50. The number of aromatic nitrogens is 1. The Balaban J connectivity index is 1.60. The van der Waals surface area contributed by atoms with Crippen LogP contribution >= 0.6 is 0 Å². The van der Waals surface area contributed by atoms with Crippen molar-refractivity contribution in [3.8, 4) is 6.07 Å². The maximum absolute atomic E-state index is 11.9. The summed E-state index contributed by atoms with van der Waals surface area (Å²) in [5.41, 5.74) is 2.57. The van der Waals surface area contributed by atoms with E-state index in [1.54, 1.807) is 0 Å². The van der Waals surface area contributed by atoms with Crippen LogP contribution in [0.4, 0.5) is 5.82 Å². The van der Waals surface area contributed by atoms with Gasteiger partial charge in [0.2, 0.25) is 5.91 Å². The fourth-order valence-corrected chi connectivity index (χ4v) is 3.01. The zero-order valence-corrected chi connectivity index (χ0v) is 13.8. The third-order valence-electron chi connectivity index (χ3n) is 4.42. The summed E-state index contributed by atoms with van der Waals surface area (Å²) in [5, 5.41) is 12.4. The minimum absolute atomic E-state index is 0.128. The maximum Gasteiger partial charge on any atom is 0.234 e. The van der Waals surface area contributed by atoms with Crippen molar-refractivity contribution in [3.05, 3.63) is 22.9 Å². The predicted molar refractivity (Wildman–Crippen MR) is 88.2 cm³/mol. The number of piperazine rings is 1. The van der Waals surface area contributed by atoms with E-state index in [-0.39, 0.29) is 5.91 Å². The van der Waals surface area contributed by atoms with Crippen LogP contribution in [-0.4, -0.2) is 54.6 Å². The Labute approximate surface area is 137 Å². The maximum atomic E-state index is 11.9. The number of aryl methyl sites for hydroxylation is 2. The van der Waals surface area contributed by atoms with Gasteiger partial charge in [-0.1, -0.05) is 0 Å². The molecule has 0 aromatic carbocycles. The highest BCUT2D eigenvalue weighted by Gasteiger charge is 2.26. The minimum Gasteiger partial charge on any atom is -0.353 e. The molecule has 2 heterocycles. The number of pyridine rings is 1. The summed E-state index contributed by atoms with van der Waals surface area (Å²) < 4.78 is 0. The first-order valence-electron chi connectivity index (χ1n) is 8.22. The number of carbonyl (C=O) groups excluding carboxylic acids is 1. The van der Waals surface area contributed by atoms with E-state index in [0.717, 1.165) is 56.1 Å². The van der Waals surface area contributed by atoms with Crippen molar-refractivity contribution in [1.29, 1.82) is 5.26 Å². The molecule has 2 aliphatic rings. The van der Waals surface area contributed by atoms with Gasteiger partial charge < -0.3 is 10.2 Å². The minimum atomic E-state index is 0.128. The Morgan fingerprint density at radius 3 is 2.65 bits per heavy atom. The lowest BCUT2D eigenvalue weighted by Crippen LogP contribution is -2.50. The standard InChI is InChI=1S/C17H23N5O/c1-12-9-13(2)19-17(15(12)10-18)22-7-5-21(6-8-22)11-16(23)20-14-3-4-14/h9,14H,3-8,11H2,1-2H3,(H,20,23). The van der Waals surface area contributed by atoms with Crippen molar-refractivity contribution < 1.29 is 4.79 Å². The highest BCUT2D eigenvalue weighted by Crippen LogP contribution is 2.23. The number of hydrogen-bond acceptors (Lipinski definition) is 5. The van der Waals surface area contributed by atoms with Crippen LogP contribution in [0, 0.1) is 25.2 Å². The number of amides is 1. The number of carbonyl (C=O) groups is 1. The molecule has 2 fully saturated rings. The van der Waals surface area contributed by atoms with E-state index in [1.807, 2.05) is 19.9 Å². The number of rotatable bonds is 4. The number of nitrogens with one attached hydrogen (secondary N) is 1. The molecular weight excluding hydrogens is 290 g/mol. The molecule has 3 rings (SSSR count). The smallest absolute Gasteiger partial charge is 0.234 e. The molecule has 1 saturated heterocycles. The average Bonchev–Trinajstić information content (AvgIpc) is 3.31. The summed E-state index contributed by atoms with van der Waals surface area (Å²) in [5.74, 6) is 0.912. The van der Waals surface area contributed by atoms with Crippen LogP contribution in [0.1, 0.15) is 29.7 Å². The van der Waals surface area contributed by atoms with Crippen LogP contribution in [0.2, 0.25) is 0 Å². The first-order chi connectivity index (χ1) is 11.1. The van der Waals surface area contributed by atoms with Gasteiger partial charge in [0.05, 0.1) is 12.1 Å². The van der Waals surface area contributed by atoms with Crippen molar-refractivity contribution in [2.75, 3.05) is 37.6 Å². The van der Waals surface area contributed by atoms with Gasteiger partial charge in [-0.25, -0.2) is 4.98 Å². The fraction of sp³-hybridized carbons (Fsp3) is 0.588.